The van der Waals surface area contributed by atoms with Gasteiger partial charge in [0, 0.05) is 7.05 Å². The summed E-state index contributed by atoms with van der Waals surface area (Å²) in [5, 5.41) is 31.1. The quantitative estimate of drug-likeness (QED) is 0.645. The minimum Gasteiger partial charge on any atom is -0.492 e. The van der Waals surface area contributed by atoms with Crippen molar-refractivity contribution in [2.45, 2.75) is 13.0 Å². The van der Waals surface area contributed by atoms with Gasteiger partial charge < -0.3 is 21.1 Å². The van der Waals surface area contributed by atoms with E-state index in [1.54, 1.807) is 19.0 Å². The number of carbonyl (C=O) groups is 2. The van der Waals surface area contributed by atoms with Gasteiger partial charge in [0.25, 0.3) is 0 Å². The zero-order valence-corrected chi connectivity index (χ0v) is 11.4. The van der Waals surface area contributed by atoms with Gasteiger partial charge in [0.2, 0.25) is 5.88 Å². The molecule has 0 aromatic heterocycles. The average molecular weight is 293 g/mol. The monoisotopic (exact) mass is 293 g/mol. The minimum absolute atomic E-state index is 0.191. The number of anilines is 1. The van der Waals surface area contributed by atoms with E-state index < -0.39 is 11.9 Å². The summed E-state index contributed by atoms with van der Waals surface area (Å²) >= 11 is 0. The van der Waals surface area contributed by atoms with Crippen LogP contribution in [0.15, 0.2) is 29.8 Å². The minimum atomic E-state index is -1.26. The molecule has 1 atom stereocenters. The van der Waals surface area contributed by atoms with Gasteiger partial charge >= 0.3 is 11.9 Å². The van der Waals surface area contributed by atoms with E-state index in [0.29, 0.717) is 0 Å². The van der Waals surface area contributed by atoms with Gasteiger partial charge in [0.15, 0.2) is 0 Å². The summed E-state index contributed by atoms with van der Waals surface area (Å²) in [6.45, 7) is 1.75. The number of nitrogens with zero attached hydrogens (tertiary/aromatic N) is 2. The summed E-state index contributed by atoms with van der Waals surface area (Å²) in [6, 6.07) is 3.30. The highest BCUT2D eigenvalue weighted by atomic mass is 16.4. The van der Waals surface area contributed by atoms with Crippen LogP contribution in [0.25, 0.3) is 0 Å². The third-order valence-corrected chi connectivity index (χ3v) is 3.44. The van der Waals surface area contributed by atoms with Gasteiger partial charge in [-0.05, 0) is 25.1 Å². The Morgan fingerprint density at radius 1 is 1.14 bits per heavy atom. The molecule has 8 nitrogen and oxygen atoms in total. The molecule has 1 unspecified atom stereocenters. The van der Waals surface area contributed by atoms with Gasteiger partial charge in [0.1, 0.15) is 0 Å². The van der Waals surface area contributed by atoms with E-state index in [4.69, 9.17) is 15.9 Å². The van der Waals surface area contributed by atoms with E-state index in [-0.39, 0.29) is 34.4 Å². The van der Waals surface area contributed by atoms with Crippen molar-refractivity contribution in [1.29, 1.82) is 0 Å². The maximum atomic E-state index is 11.1. The van der Waals surface area contributed by atoms with Crippen LogP contribution in [0.1, 0.15) is 27.6 Å². The van der Waals surface area contributed by atoms with Gasteiger partial charge in [-0.15, -0.1) is 0 Å². The van der Waals surface area contributed by atoms with Gasteiger partial charge in [0.05, 0.1) is 28.6 Å². The number of rotatable bonds is 3. The Labute approximate surface area is 120 Å². The number of aliphatic hydroxyl groups is 1. The Kier molecular flexibility index (Phi) is 3.48. The van der Waals surface area contributed by atoms with E-state index >= 15 is 0 Å². The summed E-state index contributed by atoms with van der Waals surface area (Å²) in [5.74, 6) is -2.76. The molecule has 1 aromatic rings. The first-order valence-corrected chi connectivity index (χ1v) is 6.07. The van der Waals surface area contributed by atoms with Gasteiger partial charge in [-0.1, -0.05) is 0 Å². The summed E-state index contributed by atoms with van der Waals surface area (Å²) in [5.41, 5.74) is 5.79. The van der Waals surface area contributed by atoms with Crippen LogP contribution in [0.5, 0.6) is 0 Å². The molecule has 21 heavy (non-hydrogen) atoms. The lowest BCUT2D eigenvalue weighted by Crippen LogP contribution is -2.39. The molecule has 0 saturated heterocycles. The number of benzene rings is 1. The van der Waals surface area contributed by atoms with Crippen LogP contribution in [0.2, 0.25) is 0 Å². The standard InChI is InChI=1S/C13H15N3O5/c1-6-10(14)11(17)16(15(6)2)9-4-7(12(18)19)3-8(5-9)13(20)21/h3-6,17H,14H2,1-2H3,(H,18,19)(H,20,21). The summed E-state index contributed by atoms with van der Waals surface area (Å²) in [7, 11) is 1.65. The Morgan fingerprint density at radius 3 is 1.95 bits per heavy atom. The zero-order valence-electron chi connectivity index (χ0n) is 11.4. The molecule has 1 heterocycles. The van der Waals surface area contributed by atoms with Crippen molar-refractivity contribution in [3.8, 4) is 0 Å². The van der Waals surface area contributed by atoms with Crippen molar-refractivity contribution in [3.63, 3.8) is 0 Å². The maximum Gasteiger partial charge on any atom is 0.335 e. The van der Waals surface area contributed by atoms with Gasteiger partial charge in [-0.3, -0.25) is 0 Å². The Morgan fingerprint density at radius 2 is 1.62 bits per heavy atom. The fourth-order valence-corrected chi connectivity index (χ4v) is 2.12. The number of nitrogens with two attached hydrogens (primary N) is 1. The Hall–Kier alpha value is -2.74. The summed E-state index contributed by atoms with van der Waals surface area (Å²) in [6.07, 6.45) is 0. The zero-order chi connectivity index (χ0) is 15.9. The van der Waals surface area contributed by atoms with E-state index in [2.05, 4.69) is 0 Å². The van der Waals surface area contributed by atoms with Crippen LogP contribution in [-0.2, 0) is 0 Å². The van der Waals surface area contributed by atoms with Crippen LogP contribution in [-0.4, -0.2) is 45.4 Å². The fraction of sp³-hybridized carbons (Fsp3) is 0.231. The maximum absolute atomic E-state index is 11.1. The van der Waals surface area contributed by atoms with Crippen molar-refractivity contribution in [2.24, 2.45) is 5.73 Å². The molecule has 0 spiro atoms. The molecule has 0 radical (unpaired) electrons. The number of hydrogen-bond donors (Lipinski definition) is 4. The molecule has 2 rings (SSSR count). The molecule has 1 aromatic carbocycles. The second-order valence-electron chi connectivity index (χ2n) is 4.72. The van der Waals surface area contributed by atoms with Crippen molar-refractivity contribution >= 4 is 17.6 Å². The van der Waals surface area contributed by atoms with Crippen molar-refractivity contribution in [2.75, 3.05) is 12.1 Å². The first kappa shape index (κ1) is 14.7. The molecule has 1 aliphatic heterocycles. The average Bonchev–Trinajstić information content (AvgIpc) is 2.62. The molecule has 5 N–H and O–H groups in total. The number of aromatic carboxylic acids is 2. The molecular weight excluding hydrogens is 278 g/mol. The second-order valence-corrected chi connectivity index (χ2v) is 4.72. The largest absolute Gasteiger partial charge is 0.492 e. The third kappa shape index (κ3) is 2.36. The third-order valence-electron chi connectivity index (χ3n) is 3.44. The predicted octanol–water partition coefficient (Wildman–Crippen LogP) is 0.824. The first-order valence-electron chi connectivity index (χ1n) is 6.07. The van der Waals surface area contributed by atoms with Crippen molar-refractivity contribution in [3.05, 3.63) is 40.9 Å². The topological polar surface area (TPSA) is 127 Å². The number of aliphatic hydroxyl groups excluding tert-OH is 1. The van der Waals surface area contributed by atoms with Crippen LogP contribution >= 0.6 is 0 Å². The highest BCUT2D eigenvalue weighted by molar-refractivity contribution is 5.95. The molecular formula is C13H15N3O5. The molecule has 112 valence electrons. The van der Waals surface area contributed by atoms with Crippen LogP contribution in [0.3, 0.4) is 0 Å². The number of carboxylic acids is 2. The first-order chi connectivity index (χ1) is 9.73. The Balaban J connectivity index is 2.59. The van der Waals surface area contributed by atoms with Crippen molar-refractivity contribution in [1.82, 2.24) is 5.01 Å². The van der Waals surface area contributed by atoms with Crippen molar-refractivity contribution < 1.29 is 24.9 Å². The molecule has 0 amide bonds. The second kappa shape index (κ2) is 4.98. The highest BCUT2D eigenvalue weighted by Gasteiger charge is 2.34. The smallest absolute Gasteiger partial charge is 0.335 e. The normalized spacial score (nSPS) is 19.1. The summed E-state index contributed by atoms with van der Waals surface area (Å²) in [4.78, 5) is 22.2. The van der Waals surface area contributed by atoms with Gasteiger partial charge in [-0.2, -0.15) is 0 Å². The number of hydrazine groups is 1. The molecule has 8 heteroatoms. The van der Waals surface area contributed by atoms with Gasteiger partial charge in [-0.25, -0.2) is 19.6 Å². The number of hydrogen-bond acceptors (Lipinski definition) is 6. The lowest BCUT2D eigenvalue weighted by molar-refractivity contribution is 0.0696. The summed E-state index contributed by atoms with van der Waals surface area (Å²) < 4.78 is 0. The molecule has 0 bridgehead atoms. The lowest BCUT2D eigenvalue weighted by Gasteiger charge is -2.29. The molecule has 0 aliphatic carbocycles. The SMILES string of the molecule is CC1C(N)=C(O)N(c2cc(C(=O)O)cc(C(=O)O)c2)N1C. The van der Waals surface area contributed by atoms with E-state index in [1.165, 1.54) is 17.1 Å². The molecule has 0 fully saturated rings. The number of likely N-dealkylation sites (N-methyl/N-ethyl adjacent to an activating group) is 1. The van der Waals surface area contributed by atoms with Crippen LogP contribution in [0, 0.1) is 0 Å². The van der Waals surface area contributed by atoms with Crippen LogP contribution in [0.4, 0.5) is 5.69 Å². The molecule has 1 aliphatic rings. The number of carboxylic acid groups (broad SMARTS) is 2. The van der Waals surface area contributed by atoms with E-state index in [9.17, 15) is 14.7 Å². The predicted molar refractivity (Wildman–Crippen MR) is 73.9 cm³/mol. The highest BCUT2D eigenvalue weighted by Crippen LogP contribution is 2.31. The Bertz CT molecular complexity index is 623. The fourth-order valence-electron chi connectivity index (χ4n) is 2.12. The van der Waals surface area contributed by atoms with E-state index in [1.807, 2.05) is 0 Å². The molecule has 0 saturated carbocycles. The van der Waals surface area contributed by atoms with E-state index in [0.717, 1.165) is 6.07 Å². The van der Waals surface area contributed by atoms with Crippen LogP contribution < -0.4 is 10.7 Å². The lowest BCUT2D eigenvalue weighted by atomic mass is 10.1.